The van der Waals surface area contributed by atoms with Crippen LogP contribution in [-0.2, 0) is 21.9 Å². The molecular formula is C24H31ClN2O2S. The van der Waals surface area contributed by atoms with Crippen molar-refractivity contribution in [3.8, 4) is 0 Å². The number of nitrogens with one attached hydrogen (secondary N) is 1. The molecule has 0 unspecified atom stereocenters. The molecule has 0 aliphatic rings. The van der Waals surface area contributed by atoms with E-state index < -0.39 is 6.04 Å². The van der Waals surface area contributed by atoms with Gasteiger partial charge in [-0.1, -0.05) is 60.5 Å². The molecule has 0 spiro atoms. The van der Waals surface area contributed by atoms with Crippen LogP contribution in [0.25, 0.3) is 0 Å². The van der Waals surface area contributed by atoms with E-state index in [1.807, 2.05) is 38.1 Å². The lowest BCUT2D eigenvalue weighted by Gasteiger charge is -2.29. The summed E-state index contributed by atoms with van der Waals surface area (Å²) in [6.45, 7) is 8.17. The maximum absolute atomic E-state index is 13.1. The summed E-state index contributed by atoms with van der Waals surface area (Å²) >= 11 is 7.68. The van der Waals surface area contributed by atoms with Gasteiger partial charge in [0.25, 0.3) is 0 Å². The highest BCUT2D eigenvalue weighted by Crippen LogP contribution is 2.18. The molecule has 2 rings (SSSR count). The Morgan fingerprint density at radius 2 is 1.80 bits per heavy atom. The van der Waals surface area contributed by atoms with Gasteiger partial charge in [-0.2, -0.15) is 0 Å². The fourth-order valence-corrected chi connectivity index (χ4v) is 4.09. The molecule has 0 aliphatic heterocycles. The molecule has 6 heteroatoms. The van der Waals surface area contributed by atoms with Crippen LogP contribution in [0.15, 0.2) is 48.5 Å². The number of thioether (sulfide) groups is 1. The smallest absolute Gasteiger partial charge is 0.242 e. The molecule has 2 aromatic carbocycles. The van der Waals surface area contributed by atoms with Crippen LogP contribution in [0.5, 0.6) is 0 Å². The van der Waals surface area contributed by atoms with Gasteiger partial charge in [-0.25, -0.2) is 0 Å². The van der Waals surface area contributed by atoms with E-state index in [2.05, 4.69) is 30.4 Å². The summed E-state index contributed by atoms with van der Waals surface area (Å²) in [5.41, 5.74) is 3.30. The highest BCUT2D eigenvalue weighted by Gasteiger charge is 2.26. The molecule has 30 heavy (non-hydrogen) atoms. The third-order valence-corrected chi connectivity index (χ3v) is 6.21. The molecule has 0 fully saturated rings. The molecule has 4 nitrogen and oxygen atoms in total. The Labute approximate surface area is 189 Å². The van der Waals surface area contributed by atoms with Crippen molar-refractivity contribution in [1.82, 2.24) is 10.2 Å². The van der Waals surface area contributed by atoms with Crippen LogP contribution in [0, 0.1) is 6.92 Å². The second-order valence-electron chi connectivity index (χ2n) is 7.63. The average Bonchev–Trinajstić information content (AvgIpc) is 2.71. The van der Waals surface area contributed by atoms with Crippen LogP contribution in [0.3, 0.4) is 0 Å². The Morgan fingerprint density at radius 1 is 1.10 bits per heavy atom. The van der Waals surface area contributed by atoms with Gasteiger partial charge in [-0.15, -0.1) is 11.8 Å². The van der Waals surface area contributed by atoms with Gasteiger partial charge in [-0.05, 0) is 50.5 Å². The minimum atomic E-state index is -0.565. The Morgan fingerprint density at radius 3 is 2.47 bits per heavy atom. The van der Waals surface area contributed by atoms with Crippen molar-refractivity contribution in [2.24, 2.45) is 0 Å². The molecule has 0 aliphatic carbocycles. The van der Waals surface area contributed by atoms with Crippen LogP contribution in [-0.4, -0.2) is 34.6 Å². The zero-order valence-corrected chi connectivity index (χ0v) is 19.7. The molecule has 0 aromatic heterocycles. The van der Waals surface area contributed by atoms with Gasteiger partial charge in [0.05, 0.1) is 5.75 Å². The van der Waals surface area contributed by atoms with Gasteiger partial charge in [-0.3, -0.25) is 9.59 Å². The standard InChI is InChI=1S/C24H31ClN2O2S/c1-5-18(3)26-24(29)19(4)27(14-20-9-7-11-22(25)13-20)23(28)16-30-15-21-10-6-8-17(2)12-21/h6-13,18-19H,5,14-16H2,1-4H3,(H,26,29)/t18-,19+/m0/s1. The third kappa shape index (κ3) is 7.69. The van der Waals surface area contributed by atoms with Crippen molar-refractivity contribution in [2.75, 3.05) is 5.75 Å². The Kier molecular flexibility index (Phi) is 9.73. The monoisotopic (exact) mass is 446 g/mol. The number of benzene rings is 2. The number of aryl methyl sites for hydroxylation is 1. The Bertz CT molecular complexity index is 859. The number of halogens is 1. The molecule has 0 bridgehead atoms. The van der Waals surface area contributed by atoms with Gasteiger partial charge in [0, 0.05) is 23.4 Å². The van der Waals surface area contributed by atoms with Crippen molar-refractivity contribution >= 4 is 35.2 Å². The number of rotatable bonds is 10. The summed E-state index contributed by atoms with van der Waals surface area (Å²) in [5, 5.41) is 3.60. The zero-order chi connectivity index (χ0) is 22.1. The zero-order valence-electron chi connectivity index (χ0n) is 18.2. The van der Waals surface area contributed by atoms with E-state index in [0.29, 0.717) is 17.3 Å². The first-order valence-corrected chi connectivity index (χ1v) is 11.8. The minimum absolute atomic E-state index is 0.0561. The average molecular weight is 447 g/mol. The van der Waals surface area contributed by atoms with Crippen LogP contribution < -0.4 is 5.32 Å². The predicted octanol–water partition coefficient (Wildman–Crippen LogP) is 5.21. The number of amides is 2. The van der Waals surface area contributed by atoms with Crippen LogP contribution in [0.4, 0.5) is 0 Å². The van der Waals surface area contributed by atoms with Crippen LogP contribution >= 0.6 is 23.4 Å². The Hall–Kier alpha value is -1.98. The highest BCUT2D eigenvalue weighted by atomic mass is 35.5. The normalized spacial score (nSPS) is 12.8. The van der Waals surface area contributed by atoms with Gasteiger partial charge in [0.1, 0.15) is 6.04 Å². The van der Waals surface area contributed by atoms with E-state index >= 15 is 0 Å². The lowest BCUT2D eigenvalue weighted by atomic mass is 10.1. The number of hydrogen-bond acceptors (Lipinski definition) is 3. The summed E-state index contributed by atoms with van der Waals surface area (Å²) in [4.78, 5) is 27.4. The molecule has 2 aromatic rings. The summed E-state index contributed by atoms with van der Waals surface area (Å²) < 4.78 is 0. The van der Waals surface area contributed by atoms with Gasteiger partial charge in [0.2, 0.25) is 11.8 Å². The molecule has 0 heterocycles. The lowest BCUT2D eigenvalue weighted by Crippen LogP contribution is -2.50. The second kappa shape index (κ2) is 12.0. The Balaban J connectivity index is 2.08. The van der Waals surface area contributed by atoms with E-state index in [9.17, 15) is 9.59 Å². The van der Waals surface area contributed by atoms with Crippen LogP contribution in [0.2, 0.25) is 5.02 Å². The summed E-state index contributed by atoms with van der Waals surface area (Å²) in [6, 6.07) is 15.2. The number of carbonyl (C=O) groups is 2. The van der Waals surface area contributed by atoms with Crippen molar-refractivity contribution in [2.45, 2.75) is 58.5 Å². The maximum Gasteiger partial charge on any atom is 0.242 e. The van der Waals surface area contributed by atoms with E-state index in [1.54, 1.807) is 29.7 Å². The minimum Gasteiger partial charge on any atom is -0.352 e. The van der Waals surface area contributed by atoms with Gasteiger partial charge < -0.3 is 10.2 Å². The van der Waals surface area contributed by atoms with Crippen molar-refractivity contribution in [1.29, 1.82) is 0 Å². The van der Waals surface area contributed by atoms with Crippen molar-refractivity contribution < 1.29 is 9.59 Å². The first kappa shape index (κ1) is 24.3. The predicted molar refractivity (Wildman–Crippen MR) is 127 cm³/mol. The third-order valence-electron chi connectivity index (χ3n) is 4.99. The van der Waals surface area contributed by atoms with E-state index in [0.717, 1.165) is 17.7 Å². The topological polar surface area (TPSA) is 49.4 Å². The molecule has 2 atom stereocenters. The first-order chi connectivity index (χ1) is 14.3. The van der Waals surface area contributed by atoms with Gasteiger partial charge >= 0.3 is 0 Å². The van der Waals surface area contributed by atoms with Crippen LogP contribution in [0.1, 0.15) is 43.9 Å². The quantitative estimate of drug-likeness (QED) is 0.544. The van der Waals surface area contributed by atoms with E-state index in [-0.39, 0.29) is 17.9 Å². The molecular weight excluding hydrogens is 416 g/mol. The molecule has 0 saturated carbocycles. The molecule has 1 N–H and O–H groups in total. The molecule has 162 valence electrons. The number of hydrogen-bond donors (Lipinski definition) is 1. The first-order valence-electron chi connectivity index (χ1n) is 10.3. The summed E-state index contributed by atoms with van der Waals surface area (Å²) in [6.07, 6.45) is 0.840. The second-order valence-corrected chi connectivity index (χ2v) is 9.05. The SMILES string of the molecule is CC[C@H](C)NC(=O)[C@@H](C)N(Cc1cccc(Cl)c1)C(=O)CSCc1cccc(C)c1. The van der Waals surface area contributed by atoms with E-state index in [4.69, 9.17) is 11.6 Å². The highest BCUT2D eigenvalue weighted by molar-refractivity contribution is 7.99. The van der Waals surface area contributed by atoms with E-state index in [1.165, 1.54) is 11.1 Å². The maximum atomic E-state index is 13.1. The van der Waals surface area contributed by atoms with Crippen molar-refractivity contribution in [3.63, 3.8) is 0 Å². The van der Waals surface area contributed by atoms with Crippen molar-refractivity contribution in [3.05, 3.63) is 70.2 Å². The summed E-state index contributed by atoms with van der Waals surface area (Å²) in [7, 11) is 0. The number of nitrogens with zero attached hydrogens (tertiary/aromatic N) is 1. The molecule has 2 amide bonds. The summed E-state index contributed by atoms with van der Waals surface area (Å²) in [5.74, 6) is 0.879. The number of carbonyl (C=O) groups excluding carboxylic acids is 2. The largest absolute Gasteiger partial charge is 0.352 e. The molecule has 0 radical (unpaired) electrons. The lowest BCUT2D eigenvalue weighted by molar-refractivity contribution is -0.138. The fourth-order valence-electron chi connectivity index (χ4n) is 3.02. The van der Waals surface area contributed by atoms with Gasteiger partial charge in [0.15, 0.2) is 0 Å². The fraction of sp³-hybridized carbons (Fsp3) is 0.417. The molecule has 0 saturated heterocycles.